The Bertz CT molecular complexity index is 790. The van der Waals surface area contributed by atoms with E-state index in [0.29, 0.717) is 5.75 Å². The molecular weight excluding hydrogens is 288 g/mol. The van der Waals surface area contributed by atoms with E-state index < -0.39 is 0 Å². The first kappa shape index (κ1) is 13.0. The van der Waals surface area contributed by atoms with Gasteiger partial charge in [-0.05, 0) is 6.92 Å². The molecule has 0 unspecified atom stereocenters. The molecule has 98 valence electrons. The van der Waals surface area contributed by atoms with Crippen LogP contribution in [0.3, 0.4) is 0 Å². The van der Waals surface area contributed by atoms with Gasteiger partial charge >= 0.3 is 0 Å². The van der Waals surface area contributed by atoms with Crippen molar-refractivity contribution in [1.29, 1.82) is 5.26 Å². The number of fused-ring (bicyclic) bond motifs is 1. The van der Waals surface area contributed by atoms with E-state index in [1.807, 2.05) is 37.3 Å². The van der Waals surface area contributed by atoms with Crippen LogP contribution in [-0.4, -0.2) is 20.9 Å². The molecule has 0 aliphatic carbocycles. The van der Waals surface area contributed by atoms with E-state index in [2.05, 4.69) is 21.3 Å². The summed E-state index contributed by atoms with van der Waals surface area (Å²) in [6.45, 7) is 1.97. The van der Waals surface area contributed by atoms with Gasteiger partial charge < -0.3 is 0 Å². The minimum Gasteiger partial charge on any atom is -0.238 e. The summed E-state index contributed by atoms with van der Waals surface area (Å²) in [5.74, 6) is 0.352. The molecule has 0 aliphatic rings. The summed E-state index contributed by atoms with van der Waals surface area (Å²) in [5, 5.41) is 19.0. The van der Waals surface area contributed by atoms with Gasteiger partial charge in [-0.3, -0.25) is 0 Å². The smallest absolute Gasteiger partial charge is 0.147 e. The molecule has 0 radical (unpaired) electrons. The maximum absolute atomic E-state index is 8.70. The van der Waals surface area contributed by atoms with Crippen molar-refractivity contribution in [2.45, 2.75) is 11.9 Å². The summed E-state index contributed by atoms with van der Waals surface area (Å²) in [6, 6.07) is 12.1. The molecule has 0 atom stereocenters. The second kappa shape index (κ2) is 5.57. The standard InChI is InChI=1S/C14H10N4S2/c1-9-16-12-13(20-9)11(10-5-3-2-4-6-10)17-18-14(12)19-8-7-15/h2-6H,8H2,1H3. The predicted molar refractivity (Wildman–Crippen MR) is 81.7 cm³/mol. The lowest BCUT2D eigenvalue weighted by atomic mass is 10.1. The van der Waals surface area contributed by atoms with Gasteiger partial charge in [0.25, 0.3) is 0 Å². The Morgan fingerprint density at radius 2 is 2.05 bits per heavy atom. The predicted octanol–water partition coefficient (Wildman–Crippen LogP) is 3.68. The highest BCUT2D eigenvalue weighted by Gasteiger charge is 2.15. The lowest BCUT2D eigenvalue weighted by Crippen LogP contribution is -1.92. The van der Waals surface area contributed by atoms with Crippen LogP contribution in [0.4, 0.5) is 0 Å². The van der Waals surface area contributed by atoms with E-state index in [9.17, 15) is 0 Å². The number of thiazole rings is 1. The van der Waals surface area contributed by atoms with Crippen molar-refractivity contribution in [1.82, 2.24) is 15.2 Å². The average molecular weight is 298 g/mol. The quantitative estimate of drug-likeness (QED) is 0.690. The SMILES string of the molecule is Cc1nc2c(SCC#N)nnc(-c3ccccc3)c2s1. The fraction of sp³-hybridized carbons (Fsp3) is 0.143. The fourth-order valence-corrected chi connectivity index (χ4v) is 3.48. The Labute approximate surface area is 124 Å². The van der Waals surface area contributed by atoms with Crippen molar-refractivity contribution < 1.29 is 0 Å². The largest absolute Gasteiger partial charge is 0.238 e. The minimum atomic E-state index is 0.352. The van der Waals surface area contributed by atoms with Crippen LogP contribution >= 0.6 is 23.1 Å². The van der Waals surface area contributed by atoms with E-state index in [1.165, 1.54) is 11.8 Å². The summed E-state index contributed by atoms with van der Waals surface area (Å²) in [4.78, 5) is 4.54. The van der Waals surface area contributed by atoms with Crippen LogP contribution in [0.1, 0.15) is 5.01 Å². The molecule has 0 saturated carbocycles. The lowest BCUT2D eigenvalue weighted by molar-refractivity contribution is 0.956. The lowest BCUT2D eigenvalue weighted by Gasteiger charge is -2.03. The van der Waals surface area contributed by atoms with Gasteiger partial charge in [-0.2, -0.15) is 5.26 Å². The molecule has 3 aromatic rings. The first-order valence-corrected chi connectivity index (χ1v) is 7.79. The number of aromatic nitrogens is 3. The first-order chi connectivity index (χ1) is 9.79. The summed E-state index contributed by atoms with van der Waals surface area (Å²) in [7, 11) is 0. The molecule has 1 aromatic carbocycles. The molecule has 0 N–H and O–H groups in total. The molecule has 20 heavy (non-hydrogen) atoms. The van der Waals surface area contributed by atoms with Gasteiger partial charge in [0.1, 0.15) is 16.2 Å². The topological polar surface area (TPSA) is 62.5 Å². The zero-order valence-corrected chi connectivity index (χ0v) is 12.3. The Morgan fingerprint density at radius 3 is 2.80 bits per heavy atom. The van der Waals surface area contributed by atoms with Gasteiger partial charge in [-0.25, -0.2) is 4.98 Å². The molecule has 0 amide bonds. The van der Waals surface area contributed by atoms with Gasteiger partial charge in [0.15, 0.2) is 0 Å². The van der Waals surface area contributed by atoms with Gasteiger partial charge in [-0.15, -0.1) is 21.5 Å². The summed E-state index contributed by atoms with van der Waals surface area (Å²) in [5.41, 5.74) is 2.74. The van der Waals surface area contributed by atoms with Crippen LogP contribution in [0.2, 0.25) is 0 Å². The van der Waals surface area contributed by atoms with Crippen LogP contribution in [0.25, 0.3) is 21.5 Å². The van der Waals surface area contributed by atoms with Crippen molar-refractivity contribution >= 4 is 33.3 Å². The van der Waals surface area contributed by atoms with Crippen LogP contribution in [0.15, 0.2) is 35.4 Å². The second-order valence-corrected chi connectivity index (χ2v) is 6.24. The van der Waals surface area contributed by atoms with E-state index in [-0.39, 0.29) is 0 Å². The maximum atomic E-state index is 8.70. The van der Waals surface area contributed by atoms with Crippen LogP contribution < -0.4 is 0 Å². The molecule has 0 saturated heterocycles. The molecule has 2 aromatic heterocycles. The highest BCUT2D eigenvalue weighted by Crippen LogP contribution is 2.34. The summed E-state index contributed by atoms with van der Waals surface area (Å²) >= 11 is 2.99. The molecule has 4 nitrogen and oxygen atoms in total. The van der Waals surface area contributed by atoms with Crippen LogP contribution in [0.5, 0.6) is 0 Å². The molecule has 2 heterocycles. The number of rotatable bonds is 3. The van der Waals surface area contributed by atoms with Gasteiger partial charge in [0.2, 0.25) is 0 Å². The minimum absolute atomic E-state index is 0.352. The number of hydrogen-bond donors (Lipinski definition) is 0. The number of aryl methyl sites for hydroxylation is 1. The molecule has 0 bridgehead atoms. The van der Waals surface area contributed by atoms with Gasteiger partial charge in [0, 0.05) is 5.56 Å². The van der Waals surface area contributed by atoms with Crippen molar-refractivity contribution in [2.24, 2.45) is 0 Å². The van der Waals surface area contributed by atoms with Gasteiger partial charge in [0.05, 0.1) is 21.5 Å². The van der Waals surface area contributed by atoms with E-state index in [1.54, 1.807) is 11.3 Å². The highest BCUT2D eigenvalue weighted by atomic mass is 32.2. The zero-order chi connectivity index (χ0) is 13.9. The second-order valence-electron chi connectivity index (χ2n) is 4.08. The van der Waals surface area contributed by atoms with Crippen molar-refractivity contribution in [3.05, 3.63) is 35.3 Å². The van der Waals surface area contributed by atoms with Crippen molar-refractivity contribution in [3.8, 4) is 17.3 Å². The highest BCUT2D eigenvalue weighted by molar-refractivity contribution is 7.99. The number of nitrogens with zero attached hydrogens (tertiary/aromatic N) is 4. The molecule has 0 fully saturated rings. The average Bonchev–Trinajstić information content (AvgIpc) is 2.87. The third-order valence-corrected chi connectivity index (χ3v) is 4.51. The third kappa shape index (κ3) is 2.38. The summed E-state index contributed by atoms with van der Waals surface area (Å²) < 4.78 is 1.03. The van der Waals surface area contributed by atoms with E-state index in [4.69, 9.17) is 5.26 Å². The summed E-state index contributed by atoms with van der Waals surface area (Å²) in [6.07, 6.45) is 0. The number of benzene rings is 1. The van der Waals surface area contributed by atoms with Crippen LogP contribution in [0, 0.1) is 18.3 Å². The molecule has 0 spiro atoms. The monoisotopic (exact) mass is 298 g/mol. The van der Waals surface area contributed by atoms with Gasteiger partial charge in [-0.1, -0.05) is 42.1 Å². The molecule has 6 heteroatoms. The Balaban J connectivity index is 2.19. The Morgan fingerprint density at radius 1 is 1.25 bits per heavy atom. The molecular formula is C14H10N4S2. The molecule has 0 aliphatic heterocycles. The zero-order valence-electron chi connectivity index (χ0n) is 10.7. The number of nitriles is 1. The number of hydrogen-bond acceptors (Lipinski definition) is 6. The van der Waals surface area contributed by atoms with Crippen molar-refractivity contribution in [3.63, 3.8) is 0 Å². The van der Waals surface area contributed by atoms with E-state index >= 15 is 0 Å². The third-order valence-electron chi connectivity index (χ3n) is 2.71. The normalized spacial score (nSPS) is 10.6. The maximum Gasteiger partial charge on any atom is 0.147 e. The molecule has 3 rings (SSSR count). The van der Waals surface area contributed by atoms with Crippen LogP contribution in [-0.2, 0) is 0 Å². The Kier molecular flexibility index (Phi) is 3.63. The fourth-order valence-electron chi connectivity index (χ4n) is 1.90. The first-order valence-electron chi connectivity index (χ1n) is 5.98. The number of thioether (sulfide) groups is 1. The van der Waals surface area contributed by atoms with E-state index in [0.717, 1.165) is 31.5 Å². The Hall–Kier alpha value is -1.97. The van der Waals surface area contributed by atoms with Crippen molar-refractivity contribution in [2.75, 3.05) is 5.75 Å².